The summed E-state index contributed by atoms with van der Waals surface area (Å²) in [5.41, 5.74) is 9.74. The molecule has 6 heteroatoms. The minimum atomic E-state index is -0.442. The van der Waals surface area contributed by atoms with Gasteiger partial charge in [-0.1, -0.05) is 30.3 Å². The summed E-state index contributed by atoms with van der Waals surface area (Å²) < 4.78 is 5.20. The van der Waals surface area contributed by atoms with Crippen LogP contribution < -0.4 is 10.5 Å². The number of nitrogens with zero attached hydrogens (tertiary/aromatic N) is 2. The molecule has 2 heterocycles. The molecule has 33 heavy (non-hydrogen) atoms. The minimum Gasteiger partial charge on any atom is -0.497 e. The third kappa shape index (κ3) is 5.58. The van der Waals surface area contributed by atoms with E-state index in [9.17, 15) is 9.59 Å². The molecule has 170 valence electrons. The Kier molecular flexibility index (Phi) is 7.03. The van der Waals surface area contributed by atoms with Crippen LogP contribution in [0.15, 0.2) is 66.7 Å². The number of primary amides is 1. The van der Waals surface area contributed by atoms with Crippen molar-refractivity contribution in [2.24, 2.45) is 5.73 Å². The molecule has 0 unspecified atom stereocenters. The molecule has 0 radical (unpaired) electrons. The van der Waals surface area contributed by atoms with Crippen molar-refractivity contribution in [3.05, 3.63) is 83.6 Å². The van der Waals surface area contributed by atoms with Crippen LogP contribution in [0.5, 0.6) is 5.75 Å². The normalized spacial score (nSPS) is 15.8. The van der Waals surface area contributed by atoms with Crippen LogP contribution in [0.3, 0.4) is 0 Å². The Labute approximate surface area is 194 Å². The molecule has 2 N–H and O–H groups in total. The molecule has 1 aromatic heterocycles. The molecule has 0 saturated carbocycles. The third-order valence-corrected chi connectivity index (χ3v) is 6.21. The summed E-state index contributed by atoms with van der Waals surface area (Å²) in [4.78, 5) is 31.1. The fraction of sp³-hybridized carbons (Fsp3) is 0.296. The first-order valence-electron chi connectivity index (χ1n) is 11.3. The smallest absolute Gasteiger partial charge is 0.248 e. The van der Waals surface area contributed by atoms with E-state index in [0.29, 0.717) is 18.5 Å². The number of benzene rings is 2. The number of aryl methyl sites for hydroxylation is 1. The second-order valence-corrected chi connectivity index (χ2v) is 8.42. The first-order valence-corrected chi connectivity index (χ1v) is 11.3. The minimum absolute atomic E-state index is 0.189. The van der Waals surface area contributed by atoms with Gasteiger partial charge in [0.25, 0.3) is 0 Å². The molecule has 1 aliphatic heterocycles. The van der Waals surface area contributed by atoms with Gasteiger partial charge in [-0.2, -0.15) is 0 Å². The van der Waals surface area contributed by atoms with E-state index in [1.165, 1.54) is 0 Å². The highest BCUT2D eigenvalue weighted by Crippen LogP contribution is 2.28. The van der Waals surface area contributed by atoms with Gasteiger partial charge in [-0.25, -0.2) is 0 Å². The number of pyridine rings is 1. The zero-order chi connectivity index (χ0) is 23.2. The maximum absolute atomic E-state index is 12.9. The second kappa shape index (κ2) is 10.3. The third-order valence-electron chi connectivity index (χ3n) is 6.21. The predicted octanol–water partition coefficient (Wildman–Crippen LogP) is 4.19. The number of likely N-dealkylation sites (tertiary alicyclic amines) is 1. The number of carbonyl (C=O) groups is 2. The van der Waals surface area contributed by atoms with E-state index in [-0.39, 0.29) is 11.8 Å². The lowest BCUT2D eigenvalue weighted by Gasteiger charge is -2.32. The van der Waals surface area contributed by atoms with Crippen LogP contribution in [-0.2, 0) is 11.2 Å². The molecule has 2 aromatic carbocycles. The number of carbonyl (C=O) groups excluding carboxylic acids is 2. The number of aromatic nitrogens is 1. The number of hydrogen-bond donors (Lipinski definition) is 1. The molecular weight excluding hydrogens is 414 g/mol. The van der Waals surface area contributed by atoms with Gasteiger partial charge >= 0.3 is 0 Å². The molecule has 4 rings (SSSR count). The van der Waals surface area contributed by atoms with Gasteiger partial charge in [-0.05, 0) is 61.2 Å². The Bertz CT molecular complexity index is 1110. The maximum atomic E-state index is 12.9. The number of nitrogens with two attached hydrogens (primary N) is 1. The van der Waals surface area contributed by atoms with E-state index in [4.69, 9.17) is 15.5 Å². The molecule has 1 saturated heterocycles. The largest absolute Gasteiger partial charge is 0.497 e. The van der Waals surface area contributed by atoms with Crippen molar-refractivity contribution in [2.45, 2.75) is 31.6 Å². The topological polar surface area (TPSA) is 85.5 Å². The Balaban J connectivity index is 1.39. The second-order valence-electron chi connectivity index (χ2n) is 8.42. The molecule has 0 aliphatic carbocycles. The fourth-order valence-corrected chi connectivity index (χ4v) is 4.29. The van der Waals surface area contributed by atoms with Crippen molar-refractivity contribution in [1.29, 1.82) is 0 Å². The van der Waals surface area contributed by atoms with Crippen molar-refractivity contribution in [2.75, 3.05) is 20.2 Å². The lowest BCUT2D eigenvalue weighted by Crippen LogP contribution is -2.39. The average molecular weight is 444 g/mol. The number of methoxy groups -OCH3 is 1. The SMILES string of the molecule is COc1ccc(CCC(=O)N2CCC[C@@H](c3cccc(-c4ccc(C(N)=O)cc4)n3)C2)cc1. The van der Waals surface area contributed by atoms with E-state index in [0.717, 1.165) is 54.1 Å². The Morgan fingerprint density at radius 2 is 1.82 bits per heavy atom. The number of piperidine rings is 1. The van der Waals surface area contributed by atoms with Crippen LogP contribution in [0.2, 0.25) is 0 Å². The van der Waals surface area contributed by atoms with Gasteiger partial charge in [0.15, 0.2) is 0 Å². The molecule has 1 aliphatic rings. The van der Waals surface area contributed by atoms with Gasteiger partial charge in [-0.15, -0.1) is 0 Å². The summed E-state index contributed by atoms with van der Waals surface area (Å²) in [5, 5.41) is 0. The molecule has 3 aromatic rings. The molecule has 0 bridgehead atoms. The summed E-state index contributed by atoms with van der Waals surface area (Å²) >= 11 is 0. The van der Waals surface area contributed by atoms with E-state index in [2.05, 4.69) is 0 Å². The summed E-state index contributed by atoms with van der Waals surface area (Å²) in [5.74, 6) is 0.784. The van der Waals surface area contributed by atoms with Gasteiger partial charge in [0.1, 0.15) is 5.75 Å². The molecule has 1 fully saturated rings. The number of amides is 2. The van der Waals surface area contributed by atoms with Crippen molar-refractivity contribution in [3.63, 3.8) is 0 Å². The Hall–Kier alpha value is -3.67. The lowest BCUT2D eigenvalue weighted by atomic mass is 9.93. The first kappa shape index (κ1) is 22.5. The molecule has 6 nitrogen and oxygen atoms in total. The number of hydrogen-bond acceptors (Lipinski definition) is 4. The van der Waals surface area contributed by atoms with Crippen LogP contribution in [0.4, 0.5) is 0 Å². The molecule has 2 amide bonds. The quantitative estimate of drug-likeness (QED) is 0.593. The van der Waals surface area contributed by atoms with E-state index in [1.807, 2.05) is 59.5 Å². The first-order chi connectivity index (χ1) is 16.0. The van der Waals surface area contributed by atoms with Gasteiger partial charge in [-0.3, -0.25) is 14.6 Å². The zero-order valence-corrected chi connectivity index (χ0v) is 18.9. The van der Waals surface area contributed by atoms with Crippen LogP contribution in [0.25, 0.3) is 11.3 Å². The molecule has 1 atom stereocenters. The van der Waals surface area contributed by atoms with Crippen LogP contribution in [-0.4, -0.2) is 41.9 Å². The molecular formula is C27H29N3O3. The fourth-order valence-electron chi connectivity index (χ4n) is 4.29. The van der Waals surface area contributed by atoms with Gasteiger partial charge in [0.05, 0.1) is 12.8 Å². The number of rotatable bonds is 7. The average Bonchev–Trinajstić information content (AvgIpc) is 2.87. The van der Waals surface area contributed by atoms with Gasteiger partial charge in [0.2, 0.25) is 11.8 Å². The summed E-state index contributed by atoms with van der Waals surface area (Å²) in [7, 11) is 1.65. The van der Waals surface area contributed by atoms with Crippen molar-refractivity contribution < 1.29 is 14.3 Å². The van der Waals surface area contributed by atoms with E-state index >= 15 is 0 Å². The highest BCUT2D eigenvalue weighted by atomic mass is 16.5. The Morgan fingerprint density at radius 3 is 2.52 bits per heavy atom. The predicted molar refractivity (Wildman–Crippen MR) is 128 cm³/mol. The van der Waals surface area contributed by atoms with Crippen molar-refractivity contribution in [1.82, 2.24) is 9.88 Å². The standard InChI is InChI=1S/C27H29N3O3/c1-33-23-14-7-19(8-15-23)9-16-26(31)30-17-3-4-22(18-30)25-6-2-5-24(29-25)20-10-12-21(13-11-20)27(28)32/h2,5-8,10-15,22H,3-4,9,16-18H2,1H3,(H2,28,32)/t22-/m1/s1. The van der Waals surface area contributed by atoms with Crippen LogP contribution in [0.1, 0.15) is 46.8 Å². The number of ether oxygens (including phenoxy) is 1. The van der Waals surface area contributed by atoms with Crippen molar-refractivity contribution >= 4 is 11.8 Å². The summed E-state index contributed by atoms with van der Waals surface area (Å²) in [6.45, 7) is 1.49. The van der Waals surface area contributed by atoms with Crippen LogP contribution >= 0.6 is 0 Å². The highest BCUT2D eigenvalue weighted by Gasteiger charge is 2.25. The van der Waals surface area contributed by atoms with Gasteiger partial charge in [0, 0.05) is 42.2 Å². The highest BCUT2D eigenvalue weighted by molar-refractivity contribution is 5.93. The summed E-state index contributed by atoms with van der Waals surface area (Å²) in [6.07, 6.45) is 3.20. The summed E-state index contributed by atoms with van der Waals surface area (Å²) in [6, 6.07) is 21.0. The van der Waals surface area contributed by atoms with E-state index < -0.39 is 5.91 Å². The maximum Gasteiger partial charge on any atom is 0.248 e. The molecule has 0 spiro atoms. The van der Waals surface area contributed by atoms with Gasteiger partial charge < -0.3 is 15.4 Å². The zero-order valence-electron chi connectivity index (χ0n) is 18.9. The van der Waals surface area contributed by atoms with Crippen LogP contribution in [0, 0.1) is 0 Å². The lowest BCUT2D eigenvalue weighted by molar-refractivity contribution is -0.132. The van der Waals surface area contributed by atoms with Crippen molar-refractivity contribution in [3.8, 4) is 17.0 Å². The monoisotopic (exact) mass is 443 g/mol. The van der Waals surface area contributed by atoms with E-state index in [1.54, 1.807) is 19.2 Å². The Morgan fingerprint density at radius 1 is 1.06 bits per heavy atom.